The zero-order chi connectivity index (χ0) is 12.4. The fourth-order valence-electron chi connectivity index (χ4n) is 1.88. The monoisotopic (exact) mass is 239 g/mol. The molecule has 0 bridgehead atoms. The topological polar surface area (TPSA) is 48.4 Å². The van der Waals surface area contributed by atoms with Crippen LogP contribution in [0.5, 0.6) is 5.75 Å². The minimum absolute atomic E-state index is 0.401. The second kappa shape index (κ2) is 4.45. The van der Waals surface area contributed by atoms with Gasteiger partial charge in [0.15, 0.2) is 5.58 Å². The van der Waals surface area contributed by atoms with Crippen molar-refractivity contribution in [3.05, 3.63) is 60.4 Å². The van der Waals surface area contributed by atoms with Crippen LogP contribution in [-0.2, 0) is 6.61 Å². The smallest absolute Gasteiger partial charge is 0.157 e. The van der Waals surface area contributed by atoms with E-state index in [4.69, 9.17) is 14.9 Å². The number of hydrogen-bond acceptors (Lipinski definition) is 3. The molecule has 0 saturated heterocycles. The fourth-order valence-corrected chi connectivity index (χ4v) is 1.88. The third-order valence-electron chi connectivity index (χ3n) is 2.75. The van der Waals surface area contributed by atoms with Crippen LogP contribution in [0, 0.1) is 0 Å². The van der Waals surface area contributed by atoms with Crippen LogP contribution in [0.2, 0.25) is 0 Å². The summed E-state index contributed by atoms with van der Waals surface area (Å²) < 4.78 is 11.3. The van der Waals surface area contributed by atoms with Crippen molar-refractivity contribution in [1.29, 1.82) is 0 Å². The minimum atomic E-state index is 0.401. The molecule has 0 atom stereocenters. The van der Waals surface area contributed by atoms with Gasteiger partial charge in [0, 0.05) is 5.39 Å². The van der Waals surface area contributed by atoms with Gasteiger partial charge in [-0.2, -0.15) is 0 Å². The minimum Gasteiger partial charge on any atom is -0.486 e. The molecule has 1 aromatic heterocycles. The first kappa shape index (κ1) is 10.7. The van der Waals surface area contributed by atoms with Crippen LogP contribution in [0.4, 0.5) is 5.69 Å². The molecular weight excluding hydrogens is 226 g/mol. The highest BCUT2D eigenvalue weighted by atomic mass is 16.5. The molecule has 90 valence electrons. The van der Waals surface area contributed by atoms with Crippen LogP contribution >= 0.6 is 0 Å². The molecule has 0 aliphatic carbocycles. The van der Waals surface area contributed by atoms with Crippen molar-refractivity contribution in [2.45, 2.75) is 6.61 Å². The number of benzene rings is 2. The summed E-state index contributed by atoms with van der Waals surface area (Å²) in [6.45, 7) is 0.401. The standard InChI is InChI=1S/C15H13NO2/c16-14-8-4-5-11-9-13(18-15(11)14)10-17-12-6-2-1-3-7-12/h1-9H,10,16H2. The third-order valence-corrected chi connectivity index (χ3v) is 2.75. The van der Waals surface area contributed by atoms with E-state index in [-0.39, 0.29) is 0 Å². The van der Waals surface area contributed by atoms with Crippen LogP contribution in [0.15, 0.2) is 59.0 Å². The van der Waals surface area contributed by atoms with Gasteiger partial charge in [-0.15, -0.1) is 0 Å². The van der Waals surface area contributed by atoms with Crippen LogP contribution in [0.3, 0.4) is 0 Å². The summed E-state index contributed by atoms with van der Waals surface area (Å²) in [4.78, 5) is 0. The fraction of sp³-hybridized carbons (Fsp3) is 0.0667. The van der Waals surface area contributed by atoms with E-state index in [1.807, 2.05) is 54.6 Å². The van der Waals surface area contributed by atoms with Crippen molar-refractivity contribution in [2.24, 2.45) is 0 Å². The van der Waals surface area contributed by atoms with Gasteiger partial charge in [-0.05, 0) is 24.3 Å². The number of nitrogen functional groups attached to an aromatic ring is 1. The van der Waals surface area contributed by atoms with Gasteiger partial charge in [0.05, 0.1) is 5.69 Å². The van der Waals surface area contributed by atoms with Crippen LogP contribution < -0.4 is 10.5 Å². The number of hydrogen-bond donors (Lipinski definition) is 1. The predicted octanol–water partition coefficient (Wildman–Crippen LogP) is 3.59. The van der Waals surface area contributed by atoms with Gasteiger partial charge < -0.3 is 14.9 Å². The SMILES string of the molecule is Nc1cccc2cc(COc3ccccc3)oc12. The van der Waals surface area contributed by atoms with Gasteiger partial charge >= 0.3 is 0 Å². The van der Waals surface area contributed by atoms with Crippen molar-refractivity contribution in [2.75, 3.05) is 5.73 Å². The summed E-state index contributed by atoms with van der Waals surface area (Å²) in [7, 11) is 0. The van der Waals surface area contributed by atoms with E-state index in [0.717, 1.165) is 22.5 Å². The number of fused-ring (bicyclic) bond motifs is 1. The molecule has 2 aromatic carbocycles. The molecule has 0 aliphatic heterocycles. The number of rotatable bonds is 3. The van der Waals surface area contributed by atoms with Gasteiger partial charge in [0.1, 0.15) is 18.1 Å². The summed E-state index contributed by atoms with van der Waals surface area (Å²) in [5, 5.41) is 1.00. The number of nitrogens with two attached hydrogens (primary N) is 1. The molecule has 3 aromatic rings. The second-order valence-corrected chi connectivity index (χ2v) is 4.08. The molecular formula is C15H13NO2. The highest BCUT2D eigenvalue weighted by Crippen LogP contribution is 2.25. The van der Waals surface area contributed by atoms with Crippen molar-refractivity contribution < 1.29 is 9.15 Å². The van der Waals surface area contributed by atoms with Crippen LogP contribution in [-0.4, -0.2) is 0 Å². The van der Waals surface area contributed by atoms with Crippen molar-refractivity contribution in [3.8, 4) is 5.75 Å². The van der Waals surface area contributed by atoms with E-state index in [0.29, 0.717) is 12.3 Å². The largest absolute Gasteiger partial charge is 0.486 e. The Bertz CT molecular complexity index is 659. The first-order valence-corrected chi connectivity index (χ1v) is 5.78. The number of ether oxygens (including phenoxy) is 1. The molecule has 0 fully saturated rings. The summed E-state index contributed by atoms with van der Waals surface area (Å²) in [5.41, 5.74) is 7.22. The Morgan fingerprint density at radius 1 is 1.00 bits per heavy atom. The van der Waals surface area contributed by atoms with E-state index in [9.17, 15) is 0 Å². The normalized spacial score (nSPS) is 10.7. The summed E-state index contributed by atoms with van der Waals surface area (Å²) in [5.74, 6) is 1.60. The number of furan rings is 1. The van der Waals surface area contributed by atoms with Crippen LogP contribution in [0.25, 0.3) is 11.0 Å². The Labute approximate surface area is 105 Å². The van der Waals surface area contributed by atoms with Crippen LogP contribution in [0.1, 0.15) is 5.76 Å². The predicted molar refractivity (Wildman–Crippen MR) is 71.4 cm³/mol. The molecule has 1 heterocycles. The Morgan fingerprint density at radius 2 is 1.83 bits per heavy atom. The molecule has 0 radical (unpaired) electrons. The molecule has 3 rings (SSSR count). The van der Waals surface area contributed by atoms with Gasteiger partial charge in [-0.1, -0.05) is 30.3 Å². The Hall–Kier alpha value is -2.42. The Morgan fingerprint density at radius 3 is 2.61 bits per heavy atom. The number of anilines is 1. The van der Waals surface area contributed by atoms with E-state index < -0.39 is 0 Å². The Balaban J connectivity index is 1.81. The Kier molecular flexibility index (Phi) is 2.65. The maximum absolute atomic E-state index is 5.84. The zero-order valence-electron chi connectivity index (χ0n) is 9.80. The van der Waals surface area contributed by atoms with E-state index in [2.05, 4.69) is 0 Å². The summed E-state index contributed by atoms with van der Waals surface area (Å²) in [6.07, 6.45) is 0. The van der Waals surface area contributed by atoms with E-state index in [1.165, 1.54) is 0 Å². The molecule has 18 heavy (non-hydrogen) atoms. The van der Waals surface area contributed by atoms with Gasteiger partial charge in [0.2, 0.25) is 0 Å². The van der Waals surface area contributed by atoms with Crippen molar-refractivity contribution in [1.82, 2.24) is 0 Å². The number of para-hydroxylation sites is 2. The quantitative estimate of drug-likeness (QED) is 0.710. The van der Waals surface area contributed by atoms with Gasteiger partial charge in [0.25, 0.3) is 0 Å². The molecule has 0 aliphatic rings. The van der Waals surface area contributed by atoms with E-state index in [1.54, 1.807) is 0 Å². The lowest BCUT2D eigenvalue weighted by atomic mass is 10.2. The van der Waals surface area contributed by atoms with Crippen molar-refractivity contribution >= 4 is 16.7 Å². The van der Waals surface area contributed by atoms with E-state index >= 15 is 0 Å². The summed E-state index contributed by atoms with van der Waals surface area (Å²) in [6, 6.07) is 17.3. The van der Waals surface area contributed by atoms with Gasteiger partial charge in [-0.25, -0.2) is 0 Å². The molecule has 2 N–H and O–H groups in total. The highest BCUT2D eigenvalue weighted by Gasteiger charge is 2.06. The summed E-state index contributed by atoms with van der Waals surface area (Å²) >= 11 is 0. The maximum atomic E-state index is 5.84. The molecule has 0 spiro atoms. The average Bonchev–Trinajstić information content (AvgIpc) is 2.82. The molecule has 3 heteroatoms. The molecule has 3 nitrogen and oxygen atoms in total. The first-order chi connectivity index (χ1) is 8.83. The lowest BCUT2D eigenvalue weighted by Gasteiger charge is -2.02. The van der Waals surface area contributed by atoms with Crippen molar-refractivity contribution in [3.63, 3.8) is 0 Å². The average molecular weight is 239 g/mol. The van der Waals surface area contributed by atoms with Gasteiger partial charge in [-0.3, -0.25) is 0 Å². The first-order valence-electron chi connectivity index (χ1n) is 5.78. The maximum Gasteiger partial charge on any atom is 0.157 e. The molecule has 0 saturated carbocycles. The lowest BCUT2D eigenvalue weighted by Crippen LogP contribution is -1.92. The second-order valence-electron chi connectivity index (χ2n) is 4.08. The molecule has 0 unspecified atom stereocenters. The highest BCUT2D eigenvalue weighted by molar-refractivity contribution is 5.88. The zero-order valence-corrected chi connectivity index (χ0v) is 9.80. The lowest BCUT2D eigenvalue weighted by molar-refractivity contribution is 0.274. The molecule has 0 amide bonds. The third kappa shape index (κ3) is 2.02.